The Morgan fingerprint density at radius 2 is 0.767 bits per heavy atom. The molecule has 0 aromatic rings. The maximum Gasteiger partial charge on any atom is 0.220 e. The third kappa shape index (κ3) is 42.4. The highest BCUT2D eigenvalue weighted by molar-refractivity contribution is 5.76. The van der Waals surface area contributed by atoms with Gasteiger partial charge in [0.15, 0.2) is 12.6 Å². The standard InChI is InChI=1S/C76H127NO13/c1-3-5-7-9-11-13-15-17-19-21-22-23-24-25-26-27-28-29-30-31-32-33-34-35-36-37-38-39-40-41-42-44-46-48-50-52-54-56-58-60-68(81)77-64(65(80)59-57-55-53-51-49-47-45-43-20-18-16-14-12-10-8-6-4-2)63-87-75-73(86)71(84)74(67(62-79)89-75)90-76-72(85)70(83)69(82)66(61-78)88-76/h5,7,11,13,17,19,22-23,25-26,28-29,31-32,34-35,37-38,40-41,44,46,64-67,69-76,78-80,82-86H,3-4,6,8-10,12,14-16,18,20-21,24,27,30,33,36,39,42-43,45,47-63H2,1-2H3,(H,77,81)/b7-5-,13-11-,19-17-,23-22-,26-25-,29-28-,32-31-,35-34-,38-37-,41-40-,46-44-. The number of allylic oxidation sites excluding steroid dienone is 22. The second kappa shape index (κ2) is 58.9. The van der Waals surface area contributed by atoms with E-state index in [1.807, 2.05) is 0 Å². The number of aliphatic hydroxyl groups excluding tert-OH is 8. The molecule has 0 aromatic heterocycles. The first-order valence-electron chi connectivity index (χ1n) is 35.4. The summed E-state index contributed by atoms with van der Waals surface area (Å²) >= 11 is 0. The Labute approximate surface area is 545 Å². The first-order valence-corrected chi connectivity index (χ1v) is 35.4. The van der Waals surface area contributed by atoms with E-state index in [0.29, 0.717) is 12.8 Å². The van der Waals surface area contributed by atoms with Gasteiger partial charge in [-0.15, -0.1) is 0 Å². The molecule has 2 heterocycles. The van der Waals surface area contributed by atoms with Crippen LogP contribution in [-0.2, 0) is 23.7 Å². The van der Waals surface area contributed by atoms with Crippen LogP contribution in [0.3, 0.4) is 0 Å². The number of ether oxygens (including phenoxy) is 4. The lowest BCUT2D eigenvalue weighted by Gasteiger charge is -2.46. The Morgan fingerprint density at radius 3 is 1.18 bits per heavy atom. The van der Waals surface area contributed by atoms with Crippen LogP contribution < -0.4 is 5.32 Å². The van der Waals surface area contributed by atoms with Crippen molar-refractivity contribution in [2.75, 3.05) is 19.8 Å². The Bertz CT molecular complexity index is 2020. The molecular weight excluding hydrogens is 1130 g/mol. The van der Waals surface area contributed by atoms with Gasteiger partial charge in [0, 0.05) is 6.42 Å². The van der Waals surface area contributed by atoms with E-state index < -0.39 is 86.8 Å². The molecule has 12 atom stereocenters. The van der Waals surface area contributed by atoms with E-state index in [2.05, 4.69) is 153 Å². The Kier molecular flexibility index (Phi) is 53.8. The lowest BCUT2D eigenvalue weighted by atomic mass is 9.97. The van der Waals surface area contributed by atoms with Crippen molar-refractivity contribution < 1.29 is 64.6 Å². The number of amides is 1. The van der Waals surface area contributed by atoms with Crippen LogP contribution in [-0.4, -0.2) is 140 Å². The fourth-order valence-corrected chi connectivity index (χ4v) is 10.8. The van der Waals surface area contributed by atoms with Crippen LogP contribution in [0.2, 0.25) is 0 Å². The van der Waals surface area contributed by atoms with Crippen molar-refractivity contribution in [2.24, 2.45) is 0 Å². The van der Waals surface area contributed by atoms with E-state index in [0.717, 1.165) is 128 Å². The monoisotopic (exact) mass is 1260 g/mol. The van der Waals surface area contributed by atoms with Crippen molar-refractivity contribution in [3.63, 3.8) is 0 Å². The van der Waals surface area contributed by atoms with Crippen LogP contribution in [0.25, 0.3) is 0 Å². The van der Waals surface area contributed by atoms with Gasteiger partial charge in [-0.3, -0.25) is 4.79 Å². The minimum atomic E-state index is -1.79. The molecular formula is C76H127NO13. The van der Waals surface area contributed by atoms with Crippen LogP contribution >= 0.6 is 0 Å². The molecule has 9 N–H and O–H groups in total. The summed E-state index contributed by atoms with van der Waals surface area (Å²) in [5.74, 6) is -0.230. The molecule has 14 heteroatoms. The lowest BCUT2D eigenvalue weighted by molar-refractivity contribution is -0.359. The van der Waals surface area contributed by atoms with Crippen LogP contribution in [0.15, 0.2) is 134 Å². The summed E-state index contributed by atoms with van der Waals surface area (Å²) in [7, 11) is 0. The highest BCUT2D eigenvalue weighted by atomic mass is 16.7. The van der Waals surface area contributed by atoms with Crippen molar-refractivity contribution in [3.8, 4) is 0 Å². The van der Waals surface area contributed by atoms with Crippen molar-refractivity contribution in [1.82, 2.24) is 5.32 Å². The number of hydrogen-bond acceptors (Lipinski definition) is 13. The second-order valence-corrected chi connectivity index (χ2v) is 24.3. The molecule has 2 aliphatic heterocycles. The smallest absolute Gasteiger partial charge is 0.220 e. The number of nitrogens with one attached hydrogen (secondary N) is 1. The largest absolute Gasteiger partial charge is 0.394 e. The summed E-state index contributed by atoms with van der Waals surface area (Å²) in [5.41, 5.74) is 0. The van der Waals surface area contributed by atoms with Crippen LogP contribution in [0, 0.1) is 0 Å². The van der Waals surface area contributed by atoms with E-state index in [1.54, 1.807) is 0 Å². The topological polar surface area (TPSA) is 228 Å². The molecule has 0 radical (unpaired) electrons. The van der Waals surface area contributed by atoms with Gasteiger partial charge in [0.25, 0.3) is 0 Å². The van der Waals surface area contributed by atoms with Crippen LogP contribution in [0.5, 0.6) is 0 Å². The third-order valence-electron chi connectivity index (χ3n) is 16.4. The molecule has 12 unspecified atom stereocenters. The molecule has 514 valence electrons. The summed E-state index contributed by atoms with van der Waals surface area (Å²) in [6, 6.07) is -0.850. The van der Waals surface area contributed by atoms with Gasteiger partial charge >= 0.3 is 0 Å². The minimum Gasteiger partial charge on any atom is -0.394 e. The van der Waals surface area contributed by atoms with Crippen molar-refractivity contribution in [1.29, 1.82) is 0 Å². The van der Waals surface area contributed by atoms with E-state index in [4.69, 9.17) is 18.9 Å². The number of rotatable bonds is 56. The Hall–Kier alpha value is -3.87. The quantitative estimate of drug-likeness (QED) is 0.0204. The molecule has 0 bridgehead atoms. The van der Waals surface area contributed by atoms with Gasteiger partial charge in [0.1, 0.15) is 48.8 Å². The zero-order valence-corrected chi connectivity index (χ0v) is 55.8. The number of aliphatic hydroxyl groups is 8. The molecule has 0 aliphatic carbocycles. The van der Waals surface area contributed by atoms with Crippen molar-refractivity contribution >= 4 is 5.91 Å². The SMILES string of the molecule is CC/C=C\C/C=C\C/C=C\C/C=C\C/C=C\C/C=C\C/C=C\C/C=C\C/C=C\C/C=C\C/C=C\CCCCCCCC(=O)NC(COC1OC(CO)C(OC2OC(CO)C(O)C(O)C2O)C(O)C1O)C(O)CCCCCCCCCCCCCCCCCCC. The van der Waals surface area contributed by atoms with Gasteiger partial charge in [0.2, 0.25) is 5.91 Å². The molecule has 2 fully saturated rings. The molecule has 0 saturated carbocycles. The summed E-state index contributed by atoms with van der Waals surface area (Å²) in [5, 5.41) is 87.5. The molecule has 0 aromatic carbocycles. The normalized spacial score (nSPS) is 23.8. The van der Waals surface area contributed by atoms with E-state index >= 15 is 0 Å². The van der Waals surface area contributed by atoms with Gasteiger partial charge < -0.3 is 65.1 Å². The van der Waals surface area contributed by atoms with E-state index in [-0.39, 0.29) is 18.9 Å². The van der Waals surface area contributed by atoms with Gasteiger partial charge in [-0.05, 0) is 96.3 Å². The number of unbranched alkanes of at least 4 members (excludes halogenated alkanes) is 21. The molecule has 2 rings (SSSR count). The van der Waals surface area contributed by atoms with Gasteiger partial charge in [-0.2, -0.15) is 0 Å². The Balaban J connectivity index is 1.65. The maximum absolute atomic E-state index is 13.3. The van der Waals surface area contributed by atoms with Crippen molar-refractivity contribution in [3.05, 3.63) is 134 Å². The van der Waals surface area contributed by atoms with Gasteiger partial charge in [0.05, 0.1) is 32.0 Å². The summed E-state index contributed by atoms with van der Waals surface area (Å²) < 4.78 is 22.9. The van der Waals surface area contributed by atoms with E-state index in [9.17, 15) is 45.6 Å². The maximum atomic E-state index is 13.3. The summed E-state index contributed by atoms with van der Waals surface area (Å²) in [4.78, 5) is 13.3. The predicted octanol–water partition coefficient (Wildman–Crippen LogP) is 14.7. The number of hydrogen-bond donors (Lipinski definition) is 9. The average molecular weight is 1260 g/mol. The molecule has 1 amide bonds. The van der Waals surface area contributed by atoms with E-state index in [1.165, 1.54) is 83.5 Å². The molecule has 0 spiro atoms. The average Bonchev–Trinajstić information content (AvgIpc) is 1.04. The zero-order chi connectivity index (χ0) is 65.2. The molecule has 90 heavy (non-hydrogen) atoms. The molecule has 2 saturated heterocycles. The highest BCUT2D eigenvalue weighted by Gasteiger charge is 2.51. The highest BCUT2D eigenvalue weighted by Crippen LogP contribution is 2.30. The first-order chi connectivity index (χ1) is 44.1. The van der Waals surface area contributed by atoms with Crippen molar-refractivity contribution in [2.45, 2.75) is 319 Å². The molecule has 2 aliphatic rings. The van der Waals surface area contributed by atoms with Gasteiger partial charge in [-0.25, -0.2) is 0 Å². The van der Waals surface area contributed by atoms with Gasteiger partial charge in [-0.1, -0.05) is 276 Å². The third-order valence-corrected chi connectivity index (χ3v) is 16.4. The van der Waals surface area contributed by atoms with Crippen LogP contribution in [0.1, 0.15) is 245 Å². The fourth-order valence-electron chi connectivity index (χ4n) is 10.8. The number of carbonyl (C=O) groups is 1. The molecule has 14 nitrogen and oxygen atoms in total. The minimum absolute atomic E-state index is 0.230. The lowest BCUT2D eigenvalue weighted by Crippen LogP contribution is -2.65. The fraction of sp³-hybridized carbons (Fsp3) is 0.697. The Morgan fingerprint density at radius 1 is 0.411 bits per heavy atom. The van der Waals surface area contributed by atoms with Crippen LogP contribution in [0.4, 0.5) is 0 Å². The summed E-state index contributed by atoms with van der Waals surface area (Å²) in [6.45, 7) is 2.74. The predicted molar refractivity (Wildman–Crippen MR) is 368 cm³/mol. The second-order valence-electron chi connectivity index (χ2n) is 24.3. The number of carbonyl (C=O) groups excluding carboxylic acids is 1. The zero-order valence-electron chi connectivity index (χ0n) is 55.8. The summed E-state index contributed by atoms with van der Waals surface area (Å²) in [6.07, 6.45) is 70.3. The first kappa shape index (κ1) is 82.2.